The Labute approximate surface area is 155 Å². The third-order valence-corrected chi connectivity index (χ3v) is 4.13. The standard InChI is InChI=1S/C19H19N7O/c1-2-4-15-11-16(27)26-19(23-15)24-18(25-26)22-12-13-5-7-14(8-6-13)17-20-9-3-10-21-17/h3,5-11H,2,4,12H2,1H3,(H2,22,23,24,25). The maximum atomic E-state index is 12.1. The van der Waals surface area contributed by atoms with Gasteiger partial charge in [0.2, 0.25) is 5.95 Å². The molecule has 0 atom stereocenters. The van der Waals surface area contributed by atoms with Crippen LogP contribution in [0.4, 0.5) is 5.95 Å². The van der Waals surface area contributed by atoms with Crippen LogP contribution >= 0.6 is 0 Å². The van der Waals surface area contributed by atoms with E-state index in [9.17, 15) is 4.79 Å². The van der Waals surface area contributed by atoms with Crippen molar-refractivity contribution in [2.75, 3.05) is 5.32 Å². The number of fused-ring (bicyclic) bond motifs is 1. The number of anilines is 1. The summed E-state index contributed by atoms with van der Waals surface area (Å²) in [5, 5.41) is 6.13. The summed E-state index contributed by atoms with van der Waals surface area (Å²) in [6.07, 6.45) is 5.14. The van der Waals surface area contributed by atoms with Crippen molar-refractivity contribution >= 4 is 11.7 Å². The molecular formula is C19H19N7O. The fraction of sp³-hybridized carbons (Fsp3) is 0.211. The Morgan fingerprint density at radius 1 is 1.11 bits per heavy atom. The molecule has 0 aliphatic carbocycles. The van der Waals surface area contributed by atoms with Crippen molar-refractivity contribution < 1.29 is 0 Å². The monoisotopic (exact) mass is 361 g/mol. The molecule has 3 aromatic heterocycles. The van der Waals surface area contributed by atoms with Crippen LogP contribution in [0.2, 0.25) is 0 Å². The lowest BCUT2D eigenvalue weighted by Gasteiger charge is -2.04. The molecule has 0 aliphatic heterocycles. The molecule has 0 saturated heterocycles. The quantitative estimate of drug-likeness (QED) is 0.547. The number of aromatic amines is 1. The van der Waals surface area contributed by atoms with Crippen LogP contribution in [0.3, 0.4) is 0 Å². The number of rotatable bonds is 6. The number of hydrogen-bond acceptors (Lipinski definition) is 6. The van der Waals surface area contributed by atoms with Crippen molar-refractivity contribution in [3.8, 4) is 11.4 Å². The average molecular weight is 361 g/mol. The molecule has 4 rings (SSSR count). The minimum atomic E-state index is -0.156. The minimum Gasteiger partial charge on any atom is -0.351 e. The first kappa shape index (κ1) is 16.9. The van der Waals surface area contributed by atoms with Crippen LogP contribution in [0.25, 0.3) is 17.2 Å². The predicted molar refractivity (Wildman–Crippen MR) is 102 cm³/mol. The molecule has 0 fully saturated rings. The number of nitrogens with zero attached hydrogens (tertiary/aromatic N) is 5. The lowest BCUT2D eigenvalue weighted by atomic mass is 10.1. The fourth-order valence-corrected chi connectivity index (χ4v) is 2.80. The van der Waals surface area contributed by atoms with Crippen LogP contribution in [-0.2, 0) is 13.0 Å². The molecule has 0 amide bonds. The van der Waals surface area contributed by atoms with Gasteiger partial charge in [-0.3, -0.25) is 9.89 Å². The van der Waals surface area contributed by atoms with Gasteiger partial charge in [0.25, 0.3) is 11.3 Å². The van der Waals surface area contributed by atoms with Crippen LogP contribution in [-0.4, -0.2) is 29.5 Å². The summed E-state index contributed by atoms with van der Waals surface area (Å²) in [7, 11) is 0. The van der Waals surface area contributed by atoms with Crippen molar-refractivity contribution in [3.63, 3.8) is 0 Å². The van der Waals surface area contributed by atoms with Crippen LogP contribution in [0, 0.1) is 0 Å². The fourth-order valence-electron chi connectivity index (χ4n) is 2.80. The van der Waals surface area contributed by atoms with E-state index < -0.39 is 0 Å². The molecule has 0 saturated carbocycles. The van der Waals surface area contributed by atoms with Crippen LogP contribution < -0.4 is 10.9 Å². The number of aromatic nitrogens is 6. The van der Waals surface area contributed by atoms with E-state index >= 15 is 0 Å². The maximum absolute atomic E-state index is 12.1. The predicted octanol–water partition coefficient (Wildman–Crippen LogP) is 2.44. The van der Waals surface area contributed by atoms with Gasteiger partial charge in [0, 0.05) is 30.6 Å². The molecule has 1 aromatic carbocycles. The highest BCUT2D eigenvalue weighted by molar-refractivity contribution is 5.55. The zero-order chi connectivity index (χ0) is 18.6. The van der Waals surface area contributed by atoms with Gasteiger partial charge >= 0.3 is 0 Å². The second kappa shape index (κ2) is 7.36. The summed E-state index contributed by atoms with van der Waals surface area (Å²) in [6, 6.07) is 11.3. The molecule has 2 N–H and O–H groups in total. The topological polar surface area (TPSA) is 101 Å². The zero-order valence-electron chi connectivity index (χ0n) is 14.9. The second-order valence-electron chi connectivity index (χ2n) is 6.17. The molecular weight excluding hydrogens is 342 g/mol. The molecule has 0 radical (unpaired) electrons. The van der Waals surface area contributed by atoms with Crippen LogP contribution in [0.5, 0.6) is 0 Å². The van der Waals surface area contributed by atoms with Gasteiger partial charge in [0.15, 0.2) is 5.82 Å². The molecule has 27 heavy (non-hydrogen) atoms. The van der Waals surface area contributed by atoms with Crippen molar-refractivity contribution in [2.45, 2.75) is 26.3 Å². The lowest BCUT2D eigenvalue weighted by molar-refractivity contribution is 0.837. The highest BCUT2D eigenvalue weighted by Crippen LogP contribution is 2.15. The smallest absolute Gasteiger partial charge is 0.274 e. The van der Waals surface area contributed by atoms with Gasteiger partial charge in [-0.25, -0.2) is 15.0 Å². The van der Waals surface area contributed by atoms with Gasteiger partial charge in [-0.1, -0.05) is 37.6 Å². The van der Waals surface area contributed by atoms with Gasteiger partial charge in [-0.05, 0) is 18.1 Å². The zero-order valence-corrected chi connectivity index (χ0v) is 14.9. The largest absolute Gasteiger partial charge is 0.351 e. The third kappa shape index (κ3) is 3.69. The van der Waals surface area contributed by atoms with Gasteiger partial charge in [-0.15, -0.1) is 0 Å². The van der Waals surface area contributed by atoms with Crippen molar-refractivity contribution in [3.05, 3.63) is 70.4 Å². The Balaban J connectivity index is 1.48. The first-order chi connectivity index (χ1) is 13.2. The molecule has 0 spiro atoms. The van der Waals surface area contributed by atoms with E-state index in [0.29, 0.717) is 24.1 Å². The van der Waals surface area contributed by atoms with E-state index in [2.05, 4.69) is 37.3 Å². The van der Waals surface area contributed by atoms with E-state index in [1.54, 1.807) is 24.5 Å². The summed E-state index contributed by atoms with van der Waals surface area (Å²) in [5.74, 6) is 1.58. The molecule has 136 valence electrons. The SMILES string of the molecule is CCCc1cc(=O)n2[nH]c(NCc3ccc(-c4ncccn4)cc3)nc2n1. The van der Waals surface area contributed by atoms with E-state index in [0.717, 1.165) is 29.7 Å². The third-order valence-electron chi connectivity index (χ3n) is 4.13. The second-order valence-corrected chi connectivity index (χ2v) is 6.17. The summed E-state index contributed by atoms with van der Waals surface area (Å²) in [6.45, 7) is 2.61. The van der Waals surface area contributed by atoms with Crippen LogP contribution in [0.15, 0.2) is 53.6 Å². The van der Waals surface area contributed by atoms with E-state index in [1.807, 2.05) is 24.3 Å². The molecule has 0 unspecified atom stereocenters. The van der Waals surface area contributed by atoms with Crippen molar-refractivity contribution in [1.82, 2.24) is 29.5 Å². The highest BCUT2D eigenvalue weighted by Gasteiger charge is 2.08. The van der Waals surface area contributed by atoms with E-state index in [-0.39, 0.29) is 5.56 Å². The minimum absolute atomic E-state index is 0.156. The normalized spacial score (nSPS) is 11.0. The number of benzene rings is 1. The molecule has 3 heterocycles. The summed E-state index contributed by atoms with van der Waals surface area (Å²) >= 11 is 0. The molecule has 0 aliphatic rings. The Kier molecular flexibility index (Phi) is 4.61. The molecule has 4 aromatic rings. The molecule has 8 heteroatoms. The van der Waals surface area contributed by atoms with E-state index in [4.69, 9.17) is 0 Å². The summed E-state index contributed by atoms with van der Waals surface area (Å²) in [5.41, 5.74) is 2.64. The highest BCUT2D eigenvalue weighted by atomic mass is 16.1. The van der Waals surface area contributed by atoms with Gasteiger partial charge in [0.05, 0.1) is 5.69 Å². The summed E-state index contributed by atoms with van der Waals surface area (Å²) in [4.78, 5) is 29.4. The van der Waals surface area contributed by atoms with Crippen molar-refractivity contribution in [1.29, 1.82) is 0 Å². The maximum Gasteiger partial charge on any atom is 0.274 e. The van der Waals surface area contributed by atoms with Gasteiger partial charge in [-0.2, -0.15) is 9.50 Å². The average Bonchev–Trinajstić information content (AvgIpc) is 3.11. The molecule has 0 bridgehead atoms. The number of hydrogen-bond donors (Lipinski definition) is 2. The first-order valence-electron chi connectivity index (χ1n) is 8.82. The Morgan fingerprint density at radius 2 is 1.89 bits per heavy atom. The van der Waals surface area contributed by atoms with Gasteiger partial charge in [0.1, 0.15) is 0 Å². The van der Waals surface area contributed by atoms with Crippen molar-refractivity contribution in [2.24, 2.45) is 0 Å². The number of aryl methyl sites for hydroxylation is 1. The van der Waals surface area contributed by atoms with E-state index in [1.165, 1.54) is 4.52 Å². The van der Waals surface area contributed by atoms with Gasteiger partial charge < -0.3 is 5.32 Å². The van der Waals surface area contributed by atoms with Crippen LogP contribution in [0.1, 0.15) is 24.6 Å². The lowest BCUT2D eigenvalue weighted by Crippen LogP contribution is -2.15. The Hall–Kier alpha value is -3.55. The molecule has 8 nitrogen and oxygen atoms in total. The Bertz CT molecular complexity index is 1100. The number of H-pyrrole nitrogens is 1. The number of nitrogens with one attached hydrogen (secondary N) is 2. The Morgan fingerprint density at radius 3 is 2.63 bits per heavy atom. The summed E-state index contributed by atoms with van der Waals surface area (Å²) < 4.78 is 1.34. The first-order valence-corrected chi connectivity index (χ1v) is 8.82.